The van der Waals surface area contributed by atoms with Crippen molar-refractivity contribution in [3.05, 3.63) is 54.9 Å². The van der Waals surface area contributed by atoms with Gasteiger partial charge in [-0.05, 0) is 37.3 Å². The summed E-state index contributed by atoms with van der Waals surface area (Å²) in [5, 5.41) is 4.15. The molecule has 21 heavy (non-hydrogen) atoms. The topological polar surface area (TPSA) is 50.8 Å². The molecule has 5 nitrogen and oxygen atoms in total. The van der Waals surface area contributed by atoms with Gasteiger partial charge in [0.05, 0.1) is 11.7 Å². The van der Waals surface area contributed by atoms with Gasteiger partial charge in [0.1, 0.15) is 12.4 Å². The van der Waals surface area contributed by atoms with Gasteiger partial charge in [0, 0.05) is 0 Å². The highest BCUT2D eigenvalue weighted by Gasteiger charge is 2.23. The Labute approximate surface area is 122 Å². The van der Waals surface area contributed by atoms with Gasteiger partial charge in [-0.2, -0.15) is 0 Å². The molecule has 0 aliphatic carbocycles. The lowest BCUT2D eigenvalue weighted by atomic mass is 10.2. The van der Waals surface area contributed by atoms with Crippen molar-refractivity contribution in [2.75, 3.05) is 11.7 Å². The first-order valence-corrected chi connectivity index (χ1v) is 6.54. The number of nitrogens with zero attached hydrogens (tertiary/aromatic N) is 1. The lowest BCUT2D eigenvalue weighted by Gasteiger charge is -2.34. The Kier molecular flexibility index (Phi) is 4.94. The number of benzene rings is 1. The van der Waals surface area contributed by atoms with E-state index in [9.17, 15) is 9.18 Å². The lowest BCUT2D eigenvalue weighted by Crippen LogP contribution is -2.46. The average molecular weight is 292 g/mol. The highest BCUT2D eigenvalue weighted by atomic mass is 19.1. The molecule has 0 aromatic heterocycles. The highest BCUT2D eigenvalue weighted by Crippen LogP contribution is 2.22. The van der Waals surface area contributed by atoms with Crippen LogP contribution >= 0.6 is 0 Å². The number of carbonyl (C=O) groups is 1. The van der Waals surface area contributed by atoms with Crippen LogP contribution in [0, 0.1) is 5.82 Å². The van der Waals surface area contributed by atoms with Crippen molar-refractivity contribution in [1.82, 2.24) is 5.32 Å². The van der Waals surface area contributed by atoms with Crippen molar-refractivity contribution in [3.63, 3.8) is 0 Å². The van der Waals surface area contributed by atoms with Crippen molar-refractivity contribution < 1.29 is 18.8 Å². The fraction of sp³-hybridized carbons (Fsp3) is 0.267. The fourth-order valence-electron chi connectivity index (χ4n) is 1.84. The third kappa shape index (κ3) is 4.06. The van der Waals surface area contributed by atoms with Crippen LogP contribution in [0.2, 0.25) is 0 Å². The van der Waals surface area contributed by atoms with Gasteiger partial charge in [-0.3, -0.25) is 5.32 Å². The molecule has 0 fully saturated rings. The molecule has 0 saturated heterocycles. The molecule has 0 spiro atoms. The van der Waals surface area contributed by atoms with E-state index in [4.69, 9.17) is 9.57 Å². The molecule has 0 saturated carbocycles. The summed E-state index contributed by atoms with van der Waals surface area (Å²) in [6, 6.07) is 5.88. The number of anilines is 1. The van der Waals surface area contributed by atoms with E-state index in [1.807, 2.05) is 13.0 Å². The molecule has 1 aromatic rings. The predicted molar refractivity (Wildman–Crippen MR) is 77.0 cm³/mol. The van der Waals surface area contributed by atoms with Gasteiger partial charge in [0.2, 0.25) is 0 Å². The Hall–Kier alpha value is -2.34. The number of carbonyl (C=O) groups excluding carboxylic acids is 1. The Morgan fingerprint density at radius 1 is 1.48 bits per heavy atom. The smallest absolute Gasteiger partial charge is 0.409 e. The fourth-order valence-corrected chi connectivity index (χ4v) is 1.84. The summed E-state index contributed by atoms with van der Waals surface area (Å²) in [6.07, 6.45) is 3.83. The molecule has 1 aliphatic rings. The predicted octanol–water partition coefficient (Wildman–Crippen LogP) is 2.76. The van der Waals surface area contributed by atoms with Crippen molar-refractivity contribution in [2.45, 2.75) is 19.2 Å². The normalized spacial score (nSPS) is 21.0. The molecule has 1 heterocycles. The standard InChI is InChI=1S/C15H17FN2O3/c1-3-10-20-15(19)17-14-9-4-11(2)18(21-14)13-7-5-12(16)6-8-13/h3-9,11,14H,1,10H2,2H3,(H,17,19). The first-order chi connectivity index (χ1) is 10.1. The number of hydrogen-bond acceptors (Lipinski definition) is 4. The molecule has 6 heteroatoms. The number of ether oxygens (including phenoxy) is 1. The van der Waals surface area contributed by atoms with Crippen molar-refractivity contribution >= 4 is 11.8 Å². The number of nitrogens with one attached hydrogen (secondary N) is 1. The zero-order valence-corrected chi connectivity index (χ0v) is 11.7. The van der Waals surface area contributed by atoms with Crippen molar-refractivity contribution in [3.8, 4) is 0 Å². The van der Waals surface area contributed by atoms with Gasteiger partial charge >= 0.3 is 6.09 Å². The molecule has 2 unspecified atom stereocenters. The monoisotopic (exact) mass is 292 g/mol. The van der Waals surface area contributed by atoms with Crippen LogP contribution < -0.4 is 10.4 Å². The third-order valence-corrected chi connectivity index (χ3v) is 2.83. The molecular formula is C15H17FN2O3. The second kappa shape index (κ2) is 6.90. The third-order valence-electron chi connectivity index (χ3n) is 2.83. The number of amides is 1. The van der Waals surface area contributed by atoms with Gasteiger partial charge in [0.15, 0.2) is 6.23 Å². The van der Waals surface area contributed by atoms with Crippen LogP contribution in [0.5, 0.6) is 0 Å². The van der Waals surface area contributed by atoms with Crippen LogP contribution in [0.3, 0.4) is 0 Å². The molecule has 1 N–H and O–H groups in total. The second-order valence-electron chi connectivity index (χ2n) is 4.49. The first-order valence-electron chi connectivity index (χ1n) is 6.54. The van der Waals surface area contributed by atoms with Gasteiger partial charge in [-0.25, -0.2) is 19.1 Å². The van der Waals surface area contributed by atoms with Gasteiger partial charge < -0.3 is 4.74 Å². The number of alkyl carbamates (subject to hydrolysis) is 1. The van der Waals surface area contributed by atoms with E-state index < -0.39 is 12.3 Å². The SMILES string of the molecule is C=CCOC(=O)NC1C=CC(C)N(c2ccc(F)cc2)O1. The molecule has 0 bridgehead atoms. The Morgan fingerprint density at radius 2 is 2.19 bits per heavy atom. The van der Waals surface area contributed by atoms with Crippen molar-refractivity contribution in [1.29, 1.82) is 0 Å². The van der Waals surface area contributed by atoms with E-state index in [-0.39, 0.29) is 18.5 Å². The summed E-state index contributed by atoms with van der Waals surface area (Å²) in [7, 11) is 0. The van der Waals surface area contributed by atoms with E-state index in [1.165, 1.54) is 18.2 Å². The number of rotatable bonds is 4. The largest absolute Gasteiger partial charge is 0.445 e. The second-order valence-corrected chi connectivity index (χ2v) is 4.49. The van der Waals surface area contributed by atoms with Gasteiger partial charge in [-0.1, -0.05) is 18.7 Å². The van der Waals surface area contributed by atoms with Crippen LogP contribution in [0.4, 0.5) is 14.9 Å². The Balaban J connectivity index is 2.01. The molecular weight excluding hydrogens is 275 g/mol. The summed E-state index contributed by atoms with van der Waals surface area (Å²) in [6.45, 7) is 5.51. The molecule has 1 amide bonds. The Morgan fingerprint density at radius 3 is 2.86 bits per heavy atom. The Bertz CT molecular complexity index is 530. The van der Waals surface area contributed by atoms with E-state index in [0.29, 0.717) is 5.69 Å². The van der Waals surface area contributed by atoms with Gasteiger partial charge in [0.25, 0.3) is 0 Å². The van der Waals surface area contributed by atoms with Crippen LogP contribution in [0.15, 0.2) is 49.1 Å². The zero-order chi connectivity index (χ0) is 15.2. The summed E-state index contributed by atoms with van der Waals surface area (Å²) in [5.41, 5.74) is 0.694. The van der Waals surface area contributed by atoms with E-state index >= 15 is 0 Å². The molecule has 1 aromatic carbocycles. The van der Waals surface area contributed by atoms with Crippen LogP contribution in [-0.4, -0.2) is 25.0 Å². The van der Waals surface area contributed by atoms with Crippen LogP contribution in [-0.2, 0) is 9.57 Å². The van der Waals surface area contributed by atoms with E-state index in [2.05, 4.69) is 11.9 Å². The van der Waals surface area contributed by atoms with Crippen molar-refractivity contribution in [2.24, 2.45) is 0 Å². The highest BCUT2D eigenvalue weighted by molar-refractivity contribution is 5.67. The molecule has 1 aliphatic heterocycles. The maximum Gasteiger partial charge on any atom is 0.409 e. The summed E-state index contributed by atoms with van der Waals surface area (Å²) in [4.78, 5) is 17.1. The lowest BCUT2D eigenvalue weighted by molar-refractivity contribution is 0.0229. The minimum atomic E-state index is -0.649. The maximum atomic E-state index is 13.0. The number of halogens is 1. The maximum absolute atomic E-state index is 13.0. The zero-order valence-electron chi connectivity index (χ0n) is 11.7. The quantitative estimate of drug-likeness (QED) is 0.867. The summed E-state index contributed by atoms with van der Waals surface area (Å²) >= 11 is 0. The summed E-state index contributed by atoms with van der Waals surface area (Å²) < 4.78 is 17.8. The van der Waals surface area contributed by atoms with E-state index in [1.54, 1.807) is 23.3 Å². The average Bonchev–Trinajstić information content (AvgIpc) is 2.48. The van der Waals surface area contributed by atoms with E-state index in [0.717, 1.165) is 0 Å². The number of hydrogen-bond donors (Lipinski definition) is 1. The van der Waals surface area contributed by atoms with Crippen LogP contribution in [0.25, 0.3) is 0 Å². The minimum absolute atomic E-state index is 0.0438. The van der Waals surface area contributed by atoms with Crippen LogP contribution in [0.1, 0.15) is 6.92 Å². The first kappa shape index (κ1) is 15.1. The molecule has 2 rings (SSSR count). The van der Waals surface area contributed by atoms with Gasteiger partial charge in [-0.15, -0.1) is 0 Å². The summed E-state index contributed by atoms with van der Waals surface area (Å²) in [5.74, 6) is -0.318. The minimum Gasteiger partial charge on any atom is -0.445 e. The number of hydroxylamine groups is 1. The molecule has 2 atom stereocenters. The molecule has 0 radical (unpaired) electrons. The molecule has 112 valence electrons.